The maximum absolute atomic E-state index is 6.22. The molecule has 0 aliphatic heterocycles. The first-order valence-corrected chi connectivity index (χ1v) is 17.1. The molecule has 0 saturated carbocycles. The minimum atomic E-state index is 0.617. The molecule has 0 aliphatic rings. The van der Waals surface area contributed by atoms with Crippen LogP contribution in [0.25, 0.3) is 99.9 Å². The molecule has 238 valence electrons. The van der Waals surface area contributed by atoms with E-state index in [0.29, 0.717) is 17.5 Å². The largest absolute Gasteiger partial charge is 0.456 e. The Morgan fingerprint density at radius 1 is 0.314 bits per heavy atom. The third-order valence-electron chi connectivity index (χ3n) is 9.72. The van der Waals surface area contributed by atoms with E-state index in [2.05, 4.69) is 146 Å². The molecule has 0 unspecified atom stereocenters. The molecule has 2 aromatic heterocycles. The molecule has 0 atom stereocenters. The van der Waals surface area contributed by atoms with Crippen molar-refractivity contribution in [3.05, 3.63) is 176 Å². The lowest BCUT2D eigenvalue weighted by Gasteiger charge is -2.11. The van der Waals surface area contributed by atoms with Crippen LogP contribution in [-0.2, 0) is 0 Å². The number of nitrogens with zero attached hydrogens (tertiary/aromatic N) is 3. The van der Waals surface area contributed by atoms with Crippen LogP contribution in [0, 0.1) is 0 Å². The highest BCUT2D eigenvalue weighted by Crippen LogP contribution is 2.38. The van der Waals surface area contributed by atoms with Crippen LogP contribution in [0.15, 0.2) is 180 Å². The van der Waals surface area contributed by atoms with Crippen molar-refractivity contribution in [1.82, 2.24) is 15.0 Å². The fraction of sp³-hybridized carbons (Fsp3) is 0. The number of hydrogen-bond acceptors (Lipinski definition) is 4. The minimum Gasteiger partial charge on any atom is -0.456 e. The lowest BCUT2D eigenvalue weighted by atomic mass is 9.97. The van der Waals surface area contributed by atoms with Crippen molar-refractivity contribution in [2.75, 3.05) is 0 Å². The normalized spacial score (nSPS) is 11.5. The number of hydrogen-bond donors (Lipinski definition) is 0. The van der Waals surface area contributed by atoms with Crippen LogP contribution in [0.3, 0.4) is 0 Å². The molecule has 4 nitrogen and oxygen atoms in total. The smallest absolute Gasteiger partial charge is 0.164 e. The average molecular weight is 652 g/mol. The third kappa shape index (κ3) is 5.13. The highest BCUT2D eigenvalue weighted by molar-refractivity contribution is 6.12. The Bertz CT molecular complexity index is 2910. The molecule has 0 fully saturated rings. The molecule has 2 heterocycles. The maximum Gasteiger partial charge on any atom is 0.164 e. The van der Waals surface area contributed by atoms with Crippen molar-refractivity contribution in [2.45, 2.75) is 0 Å². The van der Waals surface area contributed by atoms with Crippen molar-refractivity contribution in [1.29, 1.82) is 0 Å². The van der Waals surface area contributed by atoms with E-state index in [-0.39, 0.29) is 0 Å². The first-order chi connectivity index (χ1) is 25.2. The van der Waals surface area contributed by atoms with Crippen molar-refractivity contribution >= 4 is 43.5 Å². The molecule has 0 saturated heterocycles. The fourth-order valence-corrected chi connectivity index (χ4v) is 7.20. The summed E-state index contributed by atoms with van der Waals surface area (Å²) in [7, 11) is 0. The lowest BCUT2D eigenvalue weighted by Crippen LogP contribution is -2.00. The zero-order chi connectivity index (χ0) is 33.7. The Morgan fingerprint density at radius 3 is 1.71 bits per heavy atom. The standard InChI is InChI=1S/C47H29N3O/c1-2-10-30(11-3-1)31-20-23-33(24-21-31)45-48-46(50-47(49-45)37-26-27-39-35(29-37)25-22-32-12-4-5-15-38(32)39)36-14-8-13-34(28-36)40-17-9-19-43-44(40)41-16-6-7-18-42(41)51-43/h1-29H. The van der Waals surface area contributed by atoms with E-state index >= 15 is 0 Å². The van der Waals surface area contributed by atoms with Gasteiger partial charge in [0, 0.05) is 27.5 Å². The van der Waals surface area contributed by atoms with Gasteiger partial charge in [-0.3, -0.25) is 0 Å². The van der Waals surface area contributed by atoms with Crippen LogP contribution in [0.1, 0.15) is 0 Å². The van der Waals surface area contributed by atoms with Gasteiger partial charge in [0.25, 0.3) is 0 Å². The summed E-state index contributed by atoms with van der Waals surface area (Å²) in [6, 6.07) is 61.1. The summed E-state index contributed by atoms with van der Waals surface area (Å²) in [6.45, 7) is 0. The molecule has 10 aromatic rings. The minimum absolute atomic E-state index is 0.617. The van der Waals surface area contributed by atoms with Crippen LogP contribution >= 0.6 is 0 Å². The quantitative estimate of drug-likeness (QED) is 0.174. The van der Waals surface area contributed by atoms with E-state index in [1.54, 1.807) is 0 Å². The summed E-state index contributed by atoms with van der Waals surface area (Å²) in [6.07, 6.45) is 0. The summed E-state index contributed by atoms with van der Waals surface area (Å²) >= 11 is 0. The molecular formula is C47H29N3O. The zero-order valence-electron chi connectivity index (χ0n) is 27.5. The van der Waals surface area contributed by atoms with Gasteiger partial charge in [0.2, 0.25) is 0 Å². The van der Waals surface area contributed by atoms with E-state index in [0.717, 1.165) is 60.7 Å². The lowest BCUT2D eigenvalue weighted by molar-refractivity contribution is 0.669. The number of furan rings is 1. The molecule has 0 N–H and O–H groups in total. The van der Waals surface area contributed by atoms with E-state index < -0.39 is 0 Å². The van der Waals surface area contributed by atoms with Gasteiger partial charge in [-0.25, -0.2) is 15.0 Å². The van der Waals surface area contributed by atoms with Gasteiger partial charge in [0.15, 0.2) is 17.5 Å². The number of rotatable bonds is 5. The highest BCUT2D eigenvalue weighted by atomic mass is 16.3. The van der Waals surface area contributed by atoms with E-state index in [9.17, 15) is 0 Å². The predicted molar refractivity (Wildman–Crippen MR) is 209 cm³/mol. The molecular weight excluding hydrogens is 623 g/mol. The molecule has 10 rings (SSSR count). The van der Waals surface area contributed by atoms with Crippen molar-refractivity contribution < 1.29 is 4.42 Å². The second-order valence-electron chi connectivity index (χ2n) is 12.8. The molecule has 0 spiro atoms. The van der Waals surface area contributed by atoms with Crippen LogP contribution in [-0.4, -0.2) is 15.0 Å². The summed E-state index contributed by atoms with van der Waals surface area (Å²) in [4.78, 5) is 15.3. The summed E-state index contributed by atoms with van der Waals surface area (Å²) in [5, 5.41) is 7.00. The van der Waals surface area contributed by atoms with E-state index in [1.807, 2.05) is 30.3 Å². The summed E-state index contributed by atoms with van der Waals surface area (Å²) in [5.41, 5.74) is 9.01. The molecule has 0 amide bonds. The topological polar surface area (TPSA) is 51.8 Å². The van der Waals surface area contributed by atoms with Crippen LogP contribution in [0.2, 0.25) is 0 Å². The van der Waals surface area contributed by atoms with Gasteiger partial charge in [-0.05, 0) is 68.1 Å². The number of aromatic nitrogens is 3. The zero-order valence-corrected chi connectivity index (χ0v) is 27.5. The van der Waals surface area contributed by atoms with Gasteiger partial charge >= 0.3 is 0 Å². The molecule has 0 aliphatic carbocycles. The molecule has 8 aromatic carbocycles. The highest BCUT2D eigenvalue weighted by Gasteiger charge is 2.16. The summed E-state index contributed by atoms with van der Waals surface area (Å²) < 4.78 is 6.22. The van der Waals surface area contributed by atoms with Crippen LogP contribution < -0.4 is 0 Å². The summed E-state index contributed by atoms with van der Waals surface area (Å²) in [5.74, 6) is 1.87. The third-order valence-corrected chi connectivity index (χ3v) is 9.72. The van der Waals surface area contributed by atoms with Gasteiger partial charge in [0.05, 0.1) is 0 Å². The Kier molecular flexibility index (Phi) is 6.78. The first kappa shape index (κ1) is 29.0. The Hall–Kier alpha value is -6.91. The Morgan fingerprint density at radius 2 is 0.863 bits per heavy atom. The Labute approximate surface area is 294 Å². The van der Waals surface area contributed by atoms with Crippen molar-refractivity contribution in [3.63, 3.8) is 0 Å². The predicted octanol–water partition coefficient (Wildman–Crippen LogP) is 12.4. The number of para-hydroxylation sites is 1. The molecule has 0 radical (unpaired) electrons. The number of benzene rings is 8. The maximum atomic E-state index is 6.22. The van der Waals surface area contributed by atoms with Crippen molar-refractivity contribution in [3.8, 4) is 56.4 Å². The fourth-order valence-electron chi connectivity index (χ4n) is 7.20. The van der Waals surface area contributed by atoms with Gasteiger partial charge < -0.3 is 4.42 Å². The average Bonchev–Trinajstić information content (AvgIpc) is 3.60. The van der Waals surface area contributed by atoms with Gasteiger partial charge in [0.1, 0.15) is 11.2 Å². The first-order valence-electron chi connectivity index (χ1n) is 17.1. The molecule has 0 bridgehead atoms. The van der Waals surface area contributed by atoms with Crippen LogP contribution in [0.4, 0.5) is 0 Å². The monoisotopic (exact) mass is 651 g/mol. The second kappa shape index (κ2) is 11.9. The van der Waals surface area contributed by atoms with E-state index in [4.69, 9.17) is 19.4 Å². The number of fused-ring (bicyclic) bond motifs is 6. The van der Waals surface area contributed by atoms with Crippen LogP contribution in [0.5, 0.6) is 0 Å². The Balaban J connectivity index is 1.13. The van der Waals surface area contributed by atoms with Crippen molar-refractivity contribution in [2.24, 2.45) is 0 Å². The molecule has 4 heteroatoms. The van der Waals surface area contributed by atoms with Gasteiger partial charge in [-0.1, -0.05) is 152 Å². The SMILES string of the molecule is c1ccc(-c2ccc(-c3nc(-c4cccc(-c5cccc6oc7ccccc7c56)c4)nc(-c4ccc5c(ccc6ccccc65)c4)n3)cc2)cc1. The van der Waals surface area contributed by atoms with Gasteiger partial charge in [-0.2, -0.15) is 0 Å². The van der Waals surface area contributed by atoms with Gasteiger partial charge in [-0.15, -0.1) is 0 Å². The van der Waals surface area contributed by atoms with E-state index in [1.165, 1.54) is 21.7 Å². The molecule has 51 heavy (non-hydrogen) atoms. The second-order valence-corrected chi connectivity index (χ2v) is 12.8.